The van der Waals surface area contributed by atoms with E-state index in [0.29, 0.717) is 13.2 Å². The van der Waals surface area contributed by atoms with Crippen molar-refractivity contribution in [1.82, 2.24) is 0 Å². The lowest BCUT2D eigenvalue weighted by atomic mass is 9.90. The Bertz CT molecular complexity index is 663. The molecule has 0 aromatic heterocycles. The van der Waals surface area contributed by atoms with Gasteiger partial charge in [0.05, 0.1) is 32.0 Å². The summed E-state index contributed by atoms with van der Waals surface area (Å²) in [7, 11) is 1.60. The molecule has 1 N–H and O–H groups in total. The highest BCUT2D eigenvalue weighted by molar-refractivity contribution is 5.14. The molecule has 5 heteroatoms. The molecule has 1 fully saturated rings. The van der Waals surface area contributed by atoms with Gasteiger partial charge in [0.25, 0.3) is 0 Å². The van der Waals surface area contributed by atoms with Crippen molar-refractivity contribution in [3.63, 3.8) is 0 Å². The van der Waals surface area contributed by atoms with E-state index in [2.05, 4.69) is 0 Å². The molecule has 0 spiro atoms. The molecule has 0 bridgehead atoms. The van der Waals surface area contributed by atoms with E-state index < -0.39 is 12.4 Å². The fourth-order valence-corrected chi connectivity index (χ4v) is 3.42. The van der Waals surface area contributed by atoms with Crippen LogP contribution in [0.1, 0.15) is 18.1 Å². The molecule has 1 saturated heterocycles. The number of benzene rings is 2. The van der Waals surface area contributed by atoms with Gasteiger partial charge in [-0.1, -0.05) is 60.7 Å². The van der Waals surface area contributed by atoms with Gasteiger partial charge >= 0.3 is 0 Å². The number of hydrogen-bond donors (Lipinski definition) is 1. The zero-order valence-corrected chi connectivity index (χ0v) is 15.9. The van der Waals surface area contributed by atoms with Crippen molar-refractivity contribution in [2.75, 3.05) is 13.7 Å². The van der Waals surface area contributed by atoms with Crippen LogP contribution in [0.15, 0.2) is 60.7 Å². The normalized spacial score (nSPS) is 28.2. The smallest absolute Gasteiger partial charge is 0.186 e. The molecule has 0 radical (unpaired) electrons. The van der Waals surface area contributed by atoms with Crippen molar-refractivity contribution in [1.29, 1.82) is 0 Å². The van der Waals surface area contributed by atoms with Crippen LogP contribution in [0.3, 0.4) is 0 Å². The summed E-state index contributed by atoms with van der Waals surface area (Å²) in [6, 6.07) is 19.9. The van der Waals surface area contributed by atoms with E-state index in [1.165, 1.54) is 0 Å². The van der Waals surface area contributed by atoms with Crippen molar-refractivity contribution < 1.29 is 24.1 Å². The zero-order valence-electron chi connectivity index (χ0n) is 15.9. The van der Waals surface area contributed by atoms with E-state index in [9.17, 15) is 5.11 Å². The van der Waals surface area contributed by atoms with E-state index >= 15 is 0 Å². The van der Waals surface area contributed by atoms with Crippen molar-refractivity contribution in [3.8, 4) is 0 Å². The van der Waals surface area contributed by atoms with Gasteiger partial charge in [-0.15, -0.1) is 0 Å². The number of rotatable bonds is 8. The van der Waals surface area contributed by atoms with Crippen LogP contribution in [0, 0.1) is 5.92 Å². The van der Waals surface area contributed by atoms with E-state index in [-0.39, 0.29) is 24.7 Å². The van der Waals surface area contributed by atoms with Gasteiger partial charge in [-0.2, -0.15) is 0 Å². The van der Waals surface area contributed by atoms with Gasteiger partial charge in [0.1, 0.15) is 6.10 Å². The summed E-state index contributed by atoms with van der Waals surface area (Å²) < 4.78 is 23.9. The second kappa shape index (κ2) is 9.97. The largest absolute Gasteiger partial charge is 0.396 e. The maximum Gasteiger partial charge on any atom is 0.186 e. The maximum absolute atomic E-state index is 9.93. The van der Waals surface area contributed by atoms with E-state index in [1.807, 2.05) is 67.6 Å². The Balaban J connectivity index is 1.75. The Hall–Kier alpha value is -1.76. The molecule has 5 nitrogen and oxygen atoms in total. The van der Waals surface area contributed by atoms with Crippen molar-refractivity contribution >= 4 is 0 Å². The van der Waals surface area contributed by atoms with Gasteiger partial charge in [-0.3, -0.25) is 0 Å². The standard InChI is InChI=1S/C22H28O5/c1-16-19(13-23)20(25-14-17-9-5-3-6-10-17)21(22(24-2)27-16)26-15-18-11-7-4-8-12-18/h3-12,16,19-23H,13-15H2,1-2H3/t16-,19-,20+,21-,22+/m1/s1. The Kier molecular flexibility index (Phi) is 7.38. The lowest BCUT2D eigenvalue weighted by Gasteiger charge is -2.44. The molecule has 1 heterocycles. The van der Waals surface area contributed by atoms with E-state index in [1.54, 1.807) is 7.11 Å². The molecule has 2 aromatic carbocycles. The highest BCUT2D eigenvalue weighted by atomic mass is 16.7. The number of aliphatic hydroxyl groups excluding tert-OH is 1. The lowest BCUT2D eigenvalue weighted by Crippen LogP contribution is -2.57. The van der Waals surface area contributed by atoms with E-state index in [0.717, 1.165) is 11.1 Å². The third-order valence-electron chi connectivity index (χ3n) is 4.98. The van der Waals surface area contributed by atoms with Crippen molar-refractivity contribution in [2.24, 2.45) is 5.92 Å². The first-order valence-corrected chi connectivity index (χ1v) is 9.33. The van der Waals surface area contributed by atoms with Gasteiger partial charge in [-0.05, 0) is 18.1 Å². The second-order valence-corrected chi connectivity index (χ2v) is 6.81. The summed E-state index contributed by atoms with van der Waals surface area (Å²) in [5.41, 5.74) is 2.14. The molecule has 27 heavy (non-hydrogen) atoms. The summed E-state index contributed by atoms with van der Waals surface area (Å²) in [6.07, 6.45) is -1.52. The Labute approximate surface area is 160 Å². The second-order valence-electron chi connectivity index (χ2n) is 6.81. The molecule has 0 amide bonds. The maximum atomic E-state index is 9.93. The molecule has 146 valence electrons. The summed E-state index contributed by atoms with van der Waals surface area (Å²) in [5, 5.41) is 9.93. The molecule has 3 rings (SSSR count). The fraction of sp³-hybridized carbons (Fsp3) is 0.455. The van der Waals surface area contributed by atoms with Crippen LogP contribution in [0.4, 0.5) is 0 Å². The minimum absolute atomic E-state index is 0.0394. The van der Waals surface area contributed by atoms with Crippen LogP contribution in [0.5, 0.6) is 0 Å². The molecule has 0 aliphatic carbocycles. The average molecular weight is 372 g/mol. The first-order chi connectivity index (χ1) is 13.2. The number of methoxy groups -OCH3 is 1. The molecule has 2 aromatic rings. The molecule has 1 aliphatic heterocycles. The first kappa shape index (κ1) is 20.0. The highest BCUT2D eigenvalue weighted by Gasteiger charge is 2.45. The molecule has 0 unspecified atom stereocenters. The van der Waals surface area contributed by atoms with Gasteiger partial charge < -0.3 is 24.1 Å². The van der Waals surface area contributed by atoms with Gasteiger partial charge in [0, 0.05) is 13.0 Å². The molecule has 0 saturated carbocycles. The lowest BCUT2D eigenvalue weighted by molar-refractivity contribution is -0.299. The van der Waals surface area contributed by atoms with Gasteiger partial charge in [0.15, 0.2) is 6.29 Å². The van der Waals surface area contributed by atoms with Crippen LogP contribution < -0.4 is 0 Å². The molecule has 5 atom stereocenters. The van der Waals surface area contributed by atoms with Crippen molar-refractivity contribution in [2.45, 2.75) is 44.7 Å². The quantitative estimate of drug-likeness (QED) is 0.771. The predicted molar refractivity (Wildman–Crippen MR) is 102 cm³/mol. The summed E-state index contributed by atoms with van der Waals surface area (Å²) in [6.45, 7) is 2.75. The molecular formula is C22H28O5. The third kappa shape index (κ3) is 5.15. The number of hydrogen-bond acceptors (Lipinski definition) is 5. The first-order valence-electron chi connectivity index (χ1n) is 9.33. The molecule has 1 aliphatic rings. The minimum atomic E-state index is -0.549. The van der Waals surface area contributed by atoms with Gasteiger partial charge in [0.2, 0.25) is 0 Å². The SMILES string of the molecule is CO[C@H]1O[C@H](C)[C@@H](CO)[C@H](OCc2ccccc2)[C@H]1OCc1ccccc1. The van der Waals surface area contributed by atoms with Crippen LogP contribution in [0.25, 0.3) is 0 Å². The van der Waals surface area contributed by atoms with Crippen molar-refractivity contribution in [3.05, 3.63) is 71.8 Å². The van der Waals surface area contributed by atoms with Crippen LogP contribution >= 0.6 is 0 Å². The van der Waals surface area contributed by atoms with Crippen LogP contribution in [-0.4, -0.2) is 43.4 Å². The van der Waals surface area contributed by atoms with Crippen LogP contribution in [-0.2, 0) is 32.2 Å². The summed E-state index contributed by atoms with van der Waals surface area (Å²) in [5.74, 6) is -0.194. The van der Waals surface area contributed by atoms with Gasteiger partial charge in [-0.25, -0.2) is 0 Å². The third-order valence-corrected chi connectivity index (χ3v) is 4.98. The van der Waals surface area contributed by atoms with E-state index in [4.69, 9.17) is 18.9 Å². The highest BCUT2D eigenvalue weighted by Crippen LogP contribution is 2.31. The Morgan fingerprint density at radius 1 is 0.852 bits per heavy atom. The number of aliphatic hydroxyl groups is 1. The Morgan fingerprint density at radius 2 is 1.37 bits per heavy atom. The zero-order chi connectivity index (χ0) is 19.1. The summed E-state index contributed by atoms with van der Waals surface area (Å²) in [4.78, 5) is 0. The predicted octanol–water partition coefficient (Wildman–Crippen LogP) is 3.16. The monoisotopic (exact) mass is 372 g/mol. The fourth-order valence-electron chi connectivity index (χ4n) is 3.42. The van der Waals surface area contributed by atoms with Crippen LogP contribution in [0.2, 0.25) is 0 Å². The average Bonchev–Trinajstić information content (AvgIpc) is 2.72. The molecular weight excluding hydrogens is 344 g/mol. The minimum Gasteiger partial charge on any atom is -0.396 e. The summed E-state index contributed by atoms with van der Waals surface area (Å²) >= 11 is 0. The topological polar surface area (TPSA) is 57.2 Å². The Morgan fingerprint density at radius 3 is 1.85 bits per heavy atom. The number of ether oxygens (including phenoxy) is 4.